The van der Waals surface area contributed by atoms with Gasteiger partial charge in [-0.05, 0) is 52.6 Å². The van der Waals surface area contributed by atoms with Gasteiger partial charge in [0.25, 0.3) is 0 Å². The highest BCUT2D eigenvalue weighted by molar-refractivity contribution is 5.86. The van der Waals surface area contributed by atoms with Gasteiger partial charge in [-0.1, -0.05) is 19.3 Å². The Morgan fingerprint density at radius 3 is 2.45 bits per heavy atom. The van der Waals surface area contributed by atoms with E-state index in [0.29, 0.717) is 6.54 Å². The van der Waals surface area contributed by atoms with E-state index in [1.807, 2.05) is 13.8 Å². The largest absolute Gasteiger partial charge is 0.350 e. The summed E-state index contributed by atoms with van der Waals surface area (Å²) in [5.41, 5.74) is 2.91. The van der Waals surface area contributed by atoms with Gasteiger partial charge in [0, 0.05) is 17.8 Å². The Hall–Kier alpha value is -1.36. The fourth-order valence-electron chi connectivity index (χ4n) is 4.14. The fraction of sp³-hybridized carbons (Fsp3) is 0.765. The second-order valence-electron chi connectivity index (χ2n) is 6.88. The topological polar surface area (TPSA) is 61.0 Å². The Kier molecular flexibility index (Phi) is 4.52. The molecule has 5 heteroatoms. The first-order valence-electron chi connectivity index (χ1n) is 8.67. The smallest absolute Gasteiger partial charge is 0.240 e. The van der Waals surface area contributed by atoms with E-state index in [0.717, 1.165) is 42.9 Å². The second kappa shape index (κ2) is 6.41. The molecule has 2 aliphatic rings. The molecule has 22 heavy (non-hydrogen) atoms. The monoisotopic (exact) mass is 304 g/mol. The van der Waals surface area contributed by atoms with Crippen LogP contribution in [-0.2, 0) is 11.3 Å². The van der Waals surface area contributed by atoms with Gasteiger partial charge < -0.3 is 5.32 Å². The van der Waals surface area contributed by atoms with Crippen molar-refractivity contribution in [1.29, 1.82) is 0 Å². The van der Waals surface area contributed by atoms with Crippen LogP contribution in [0.5, 0.6) is 0 Å². The molecule has 2 heterocycles. The Labute approximate surface area is 132 Å². The second-order valence-corrected chi connectivity index (χ2v) is 6.88. The van der Waals surface area contributed by atoms with Crippen LogP contribution in [-0.4, -0.2) is 39.6 Å². The van der Waals surface area contributed by atoms with Crippen LogP contribution in [0, 0.1) is 13.8 Å². The van der Waals surface area contributed by atoms with Crippen molar-refractivity contribution in [1.82, 2.24) is 20.4 Å². The number of likely N-dealkylation sites (tertiary alicyclic amines) is 1. The predicted octanol–water partition coefficient (Wildman–Crippen LogP) is 2.44. The van der Waals surface area contributed by atoms with E-state index in [2.05, 4.69) is 20.4 Å². The van der Waals surface area contributed by atoms with Crippen LogP contribution in [0.2, 0.25) is 0 Å². The zero-order valence-electron chi connectivity index (χ0n) is 13.9. The van der Waals surface area contributed by atoms with Gasteiger partial charge >= 0.3 is 0 Å². The third kappa shape index (κ3) is 2.78. The number of amides is 1. The number of rotatable bonds is 4. The molecule has 0 spiro atoms. The lowest BCUT2D eigenvalue weighted by Gasteiger charge is -2.43. The van der Waals surface area contributed by atoms with Crippen molar-refractivity contribution in [3.05, 3.63) is 17.0 Å². The SMILES string of the molecule is Cc1n[nH]c(C)c1CNC(=O)C1(N2CCCC2)CCCCC1. The maximum Gasteiger partial charge on any atom is 0.240 e. The normalized spacial score (nSPS) is 21.9. The van der Waals surface area contributed by atoms with Crippen molar-refractivity contribution >= 4 is 5.91 Å². The molecule has 122 valence electrons. The molecule has 1 saturated carbocycles. The van der Waals surface area contributed by atoms with Gasteiger partial charge in [0.05, 0.1) is 5.69 Å². The first-order valence-corrected chi connectivity index (χ1v) is 8.67. The maximum absolute atomic E-state index is 13.0. The standard InChI is InChI=1S/C17H28N4O/c1-13-15(14(2)20-19-13)12-18-16(22)17(8-4-3-5-9-17)21-10-6-7-11-21/h3-12H2,1-2H3,(H,18,22)(H,19,20). The molecule has 0 atom stereocenters. The van der Waals surface area contributed by atoms with E-state index in [9.17, 15) is 4.79 Å². The van der Waals surface area contributed by atoms with E-state index < -0.39 is 0 Å². The molecule has 5 nitrogen and oxygen atoms in total. The van der Waals surface area contributed by atoms with Gasteiger partial charge in [-0.25, -0.2) is 0 Å². The first-order chi connectivity index (χ1) is 10.6. The zero-order valence-corrected chi connectivity index (χ0v) is 13.9. The van der Waals surface area contributed by atoms with Gasteiger partial charge in [-0.15, -0.1) is 0 Å². The van der Waals surface area contributed by atoms with Crippen molar-refractivity contribution in [2.45, 2.75) is 70.9 Å². The van der Waals surface area contributed by atoms with Crippen LogP contribution in [0.4, 0.5) is 0 Å². The summed E-state index contributed by atoms with van der Waals surface area (Å²) < 4.78 is 0. The number of hydrogen-bond acceptors (Lipinski definition) is 3. The summed E-state index contributed by atoms with van der Waals surface area (Å²) in [7, 11) is 0. The minimum atomic E-state index is -0.250. The summed E-state index contributed by atoms with van der Waals surface area (Å²) in [5.74, 6) is 0.231. The molecule has 2 N–H and O–H groups in total. The van der Waals surface area contributed by atoms with Gasteiger partial charge in [-0.2, -0.15) is 5.10 Å². The number of nitrogens with zero attached hydrogens (tertiary/aromatic N) is 2. The van der Waals surface area contributed by atoms with Gasteiger partial charge in [-0.3, -0.25) is 14.8 Å². The highest BCUT2D eigenvalue weighted by Crippen LogP contribution is 2.36. The molecule has 2 fully saturated rings. The molecule has 0 bridgehead atoms. The zero-order chi connectivity index (χ0) is 15.6. The molecule has 0 aromatic carbocycles. The van der Waals surface area contributed by atoms with Crippen molar-refractivity contribution in [2.24, 2.45) is 0 Å². The van der Waals surface area contributed by atoms with Crippen LogP contribution in [0.15, 0.2) is 0 Å². The summed E-state index contributed by atoms with van der Waals surface area (Å²) in [6, 6.07) is 0. The molecular weight excluding hydrogens is 276 g/mol. The molecular formula is C17H28N4O. The average Bonchev–Trinajstić information content (AvgIpc) is 3.17. The Morgan fingerprint density at radius 1 is 1.18 bits per heavy atom. The van der Waals surface area contributed by atoms with Crippen LogP contribution in [0.25, 0.3) is 0 Å². The average molecular weight is 304 g/mol. The number of hydrogen-bond donors (Lipinski definition) is 2. The summed E-state index contributed by atoms with van der Waals surface area (Å²) in [6.45, 7) is 6.75. The number of aromatic nitrogens is 2. The fourth-order valence-corrected chi connectivity index (χ4v) is 4.14. The number of aromatic amines is 1. The maximum atomic E-state index is 13.0. The van der Waals surface area contributed by atoms with E-state index in [1.54, 1.807) is 0 Å². The van der Waals surface area contributed by atoms with Gasteiger partial charge in [0.15, 0.2) is 0 Å². The molecule has 1 aromatic heterocycles. The van der Waals surface area contributed by atoms with E-state index in [4.69, 9.17) is 0 Å². The molecule has 0 radical (unpaired) electrons. The lowest BCUT2D eigenvalue weighted by atomic mass is 9.79. The van der Waals surface area contributed by atoms with E-state index >= 15 is 0 Å². The third-order valence-electron chi connectivity index (χ3n) is 5.52. The summed E-state index contributed by atoms with van der Waals surface area (Å²) >= 11 is 0. The number of H-pyrrole nitrogens is 1. The number of nitrogens with one attached hydrogen (secondary N) is 2. The highest BCUT2D eigenvalue weighted by atomic mass is 16.2. The quantitative estimate of drug-likeness (QED) is 0.898. The summed E-state index contributed by atoms with van der Waals surface area (Å²) in [4.78, 5) is 15.5. The van der Waals surface area contributed by atoms with Crippen molar-refractivity contribution in [2.75, 3.05) is 13.1 Å². The molecule has 1 aliphatic heterocycles. The predicted molar refractivity (Wildman–Crippen MR) is 86.5 cm³/mol. The van der Waals surface area contributed by atoms with Crippen LogP contribution in [0.1, 0.15) is 61.9 Å². The first kappa shape index (κ1) is 15.5. The molecule has 1 saturated heterocycles. The lowest BCUT2D eigenvalue weighted by Crippen LogP contribution is -2.58. The third-order valence-corrected chi connectivity index (χ3v) is 5.52. The molecule has 1 amide bonds. The minimum Gasteiger partial charge on any atom is -0.350 e. The molecule has 1 aliphatic carbocycles. The number of aryl methyl sites for hydroxylation is 2. The lowest BCUT2D eigenvalue weighted by molar-refractivity contribution is -0.135. The Bertz CT molecular complexity index is 505. The molecule has 0 unspecified atom stereocenters. The molecule has 3 rings (SSSR count). The minimum absolute atomic E-state index is 0.231. The summed E-state index contributed by atoms with van der Waals surface area (Å²) in [5, 5.41) is 10.4. The highest BCUT2D eigenvalue weighted by Gasteiger charge is 2.45. The number of carbonyl (C=O) groups is 1. The van der Waals surface area contributed by atoms with Crippen LogP contribution < -0.4 is 5.32 Å². The van der Waals surface area contributed by atoms with E-state index in [-0.39, 0.29) is 11.4 Å². The summed E-state index contributed by atoms with van der Waals surface area (Å²) in [6.07, 6.45) is 8.11. The van der Waals surface area contributed by atoms with Crippen LogP contribution in [0.3, 0.4) is 0 Å². The Morgan fingerprint density at radius 2 is 1.86 bits per heavy atom. The van der Waals surface area contributed by atoms with Gasteiger partial charge in [0.2, 0.25) is 5.91 Å². The van der Waals surface area contributed by atoms with Crippen molar-refractivity contribution in [3.63, 3.8) is 0 Å². The molecule has 1 aromatic rings. The van der Waals surface area contributed by atoms with Crippen LogP contribution >= 0.6 is 0 Å². The van der Waals surface area contributed by atoms with Gasteiger partial charge in [0.1, 0.15) is 5.54 Å². The number of carbonyl (C=O) groups excluding carboxylic acids is 1. The Balaban J connectivity index is 1.72. The van der Waals surface area contributed by atoms with Crippen molar-refractivity contribution in [3.8, 4) is 0 Å². The van der Waals surface area contributed by atoms with Crippen molar-refractivity contribution < 1.29 is 4.79 Å². The van der Waals surface area contributed by atoms with E-state index in [1.165, 1.54) is 32.1 Å².